The SMILES string of the molecule is CN(C)Cc1nc2c(o1)CN(S(=O)(=O)c1cccs1)C2. The molecule has 1 aliphatic rings. The van der Waals surface area contributed by atoms with E-state index in [9.17, 15) is 8.42 Å². The van der Waals surface area contributed by atoms with Crippen molar-refractivity contribution < 1.29 is 12.8 Å². The van der Waals surface area contributed by atoms with Gasteiger partial charge < -0.3 is 9.32 Å². The molecule has 0 atom stereocenters. The van der Waals surface area contributed by atoms with E-state index in [0.717, 1.165) is 5.69 Å². The van der Waals surface area contributed by atoms with Crippen molar-refractivity contribution in [3.8, 4) is 0 Å². The average molecular weight is 313 g/mol. The maximum Gasteiger partial charge on any atom is 0.253 e. The van der Waals surface area contributed by atoms with E-state index in [4.69, 9.17) is 4.42 Å². The molecule has 0 amide bonds. The maximum atomic E-state index is 12.4. The maximum absolute atomic E-state index is 12.4. The minimum atomic E-state index is -3.43. The van der Waals surface area contributed by atoms with E-state index in [1.54, 1.807) is 17.5 Å². The van der Waals surface area contributed by atoms with E-state index in [1.807, 2.05) is 19.0 Å². The summed E-state index contributed by atoms with van der Waals surface area (Å²) in [6.07, 6.45) is 0. The monoisotopic (exact) mass is 313 g/mol. The van der Waals surface area contributed by atoms with Gasteiger partial charge in [-0.15, -0.1) is 11.3 Å². The summed E-state index contributed by atoms with van der Waals surface area (Å²) in [7, 11) is 0.439. The molecule has 0 aromatic carbocycles. The van der Waals surface area contributed by atoms with Crippen LogP contribution in [0.2, 0.25) is 0 Å². The second-order valence-electron chi connectivity index (χ2n) is 4.92. The molecule has 6 nitrogen and oxygen atoms in total. The highest BCUT2D eigenvalue weighted by Crippen LogP contribution is 2.30. The second-order valence-corrected chi connectivity index (χ2v) is 8.03. The second kappa shape index (κ2) is 4.96. The summed E-state index contributed by atoms with van der Waals surface area (Å²) >= 11 is 1.22. The average Bonchev–Trinajstić information content (AvgIpc) is 3.01. The number of aromatic nitrogens is 1. The summed E-state index contributed by atoms with van der Waals surface area (Å²) in [5.41, 5.74) is 0.724. The first-order valence-corrected chi connectivity index (χ1v) is 8.44. The summed E-state index contributed by atoms with van der Waals surface area (Å²) in [5.74, 6) is 1.29. The van der Waals surface area contributed by atoms with Gasteiger partial charge in [0.1, 0.15) is 9.97 Å². The zero-order valence-corrected chi connectivity index (χ0v) is 12.9. The van der Waals surface area contributed by atoms with Gasteiger partial charge in [0, 0.05) is 0 Å². The number of hydrogen-bond acceptors (Lipinski definition) is 6. The van der Waals surface area contributed by atoms with Gasteiger partial charge in [-0.05, 0) is 25.5 Å². The molecule has 0 fully saturated rings. The molecule has 3 heterocycles. The van der Waals surface area contributed by atoms with E-state index in [2.05, 4.69) is 4.98 Å². The van der Waals surface area contributed by atoms with Gasteiger partial charge in [-0.1, -0.05) is 6.07 Å². The zero-order chi connectivity index (χ0) is 14.3. The molecule has 1 aliphatic heterocycles. The van der Waals surface area contributed by atoms with Crippen LogP contribution in [0.15, 0.2) is 26.1 Å². The Hall–Kier alpha value is -1.22. The molecule has 3 rings (SSSR count). The Kier molecular flexibility index (Phi) is 3.41. The van der Waals surface area contributed by atoms with Crippen LogP contribution in [0, 0.1) is 0 Å². The molecule has 0 radical (unpaired) electrons. The van der Waals surface area contributed by atoms with Crippen LogP contribution in [-0.4, -0.2) is 36.7 Å². The third-order valence-corrected chi connectivity index (χ3v) is 6.17. The summed E-state index contributed by atoms with van der Waals surface area (Å²) < 4.78 is 32.2. The van der Waals surface area contributed by atoms with Crippen molar-refractivity contribution in [3.63, 3.8) is 0 Å². The van der Waals surface area contributed by atoms with Gasteiger partial charge in [0.2, 0.25) is 5.89 Å². The van der Waals surface area contributed by atoms with Gasteiger partial charge in [0.05, 0.1) is 25.3 Å². The van der Waals surface area contributed by atoms with Crippen LogP contribution in [-0.2, 0) is 29.7 Å². The summed E-state index contributed by atoms with van der Waals surface area (Å²) in [6, 6.07) is 3.35. The molecule has 108 valence electrons. The van der Waals surface area contributed by atoms with Gasteiger partial charge in [-0.25, -0.2) is 13.4 Å². The van der Waals surface area contributed by atoms with E-state index < -0.39 is 10.0 Å². The lowest BCUT2D eigenvalue weighted by Crippen LogP contribution is -2.25. The Bertz CT molecular complexity index is 681. The third kappa shape index (κ3) is 2.39. The summed E-state index contributed by atoms with van der Waals surface area (Å²) in [6.45, 7) is 1.16. The standard InChI is InChI=1S/C12H15N3O3S2/c1-14(2)8-11-13-9-6-15(7-10(9)18-11)20(16,17)12-4-3-5-19-12/h3-5H,6-8H2,1-2H3. The van der Waals surface area contributed by atoms with Gasteiger partial charge >= 0.3 is 0 Å². The minimum absolute atomic E-state index is 0.260. The molecule has 0 N–H and O–H groups in total. The molecule has 0 aliphatic carbocycles. The lowest BCUT2D eigenvalue weighted by Gasteiger charge is -2.13. The van der Waals surface area contributed by atoms with Crippen LogP contribution in [0.4, 0.5) is 0 Å². The van der Waals surface area contributed by atoms with E-state index in [0.29, 0.717) is 22.4 Å². The van der Waals surface area contributed by atoms with Crippen molar-refractivity contribution in [2.45, 2.75) is 23.8 Å². The van der Waals surface area contributed by atoms with Crippen LogP contribution >= 0.6 is 11.3 Å². The number of hydrogen-bond donors (Lipinski definition) is 0. The summed E-state index contributed by atoms with van der Waals surface area (Å²) in [4.78, 5) is 6.32. The lowest BCUT2D eigenvalue weighted by atomic mass is 10.4. The molecule has 0 bridgehead atoms. The Morgan fingerprint density at radius 3 is 2.85 bits per heavy atom. The number of rotatable bonds is 4. The first-order valence-electron chi connectivity index (χ1n) is 6.12. The van der Waals surface area contributed by atoms with Crippen molar-refractivity contribution in [1.82, 2.24) is 14.2 Å². The molecule has 8 heteroatoms. The van der Waals surface area contributed by atoms with Crippen LogP contribution < -0.4 is 0 Å². The molecule has 0 spiro atoms. The summed E-state index contributed by atoms with van der Waals surface area (Å²) in [5, 5.41) is 1.76. The van der Waals surface area contributed by atoms with E-state index in [-0.39, 0.29) is 13.1 Å². The molecule has 2 aromatic heterocycles. The van der Waals surface area contributed by atoms with Gasteiger partial charge in [0.15, 0.2) is 0 Å². The Balaban J connectivity index is 1.80. The third-order valence-electron chi connectivity index (χ3n) is 3.01. The number of thiophene rings is 1. The first kappa shape index (κ1) is 13.7. The fourth-order valence-corrected chi connectivity index (χ4v) is 4.61. The van der Waals surface area contributed by atoms with Gasteiger partial charge in [-0.3, -0.25) is 0 Å². The quantitative estimate of drug-likeness (QED) is 0.856. The van der Waals surface area contributed by atoms with Crippen molar-refractivity contribution in [3.05, 3.63) is 34.9 Å². The predicted molar refractivity (Wildman–Crippen MR) is 74.6 cm³/mol. The Morgan fingerprint density at radius 2 is 2.25 bits per heavy atom. The van der Waals surface area contributed by atoms with Crippen molar-refractivity contribution >= 4 is 21.4 Å². The molecular weight excluding hydrogens is 298 g/mol. The van der Waals surface area contributed by atoms with Crippen LogP contribution in [0.25, 0.3) is 0 Å². The fourth-order valence-electron chi connectivity index (χ4n) is 2.11. The topological polar surface area (TPSA) is 66.7 Å². The van der Waals surface area contributed by atoms with Gasteiger partial charge in [-0.2, -0.15) is 4.31 Å². The minimum Gasteiger partial charge on any atom is -0.443 e. The molecule has 20 heavy (non-hydrogen) atoms. The predicted octanol–water partition coefficient (Wildman–Crippen LogP) is 1.50. The number of nitrogens with zero attached hydrogens (tertiary/aromatic N) is 3. The van der Waals surface area contributed by atoms with E-state index >= 15 is 0 Å². The van der Waals surface area contributed by atoms with E-state index in [1.165, 1.54) is 15.6 Å². The number of fused-ring (bicyclic) bond motifs is 1. The fraction of sp³-hybridized carbons (Fsp3) is 0.417. The zero-order valence-electron chi connectivity index (χ0n) is 11.2. The lowest BCUT2D eigenvalue weighted by molar-refractivity contribution is 0.319. The molecular formula is C12H15N3O3S2. The molecule has 0 saturated heterocycles. The molecule has 0 saturated carbocycles. The van der Waals surface area contributed by atoms with Gasteiger partial charge in [0.25, 0.3) is 10.0 Å². The smallest absolute Gasteiger partial charge is 0.253 e. The highest BCUT2D eigenvalue weighted by Gasteiger charge is 2.34. The van der Waals surface area contributed by atoms with Crippen molar-refractivity contribution in [2.24, 2.45) is 0 Å². The number of sulfonamides is 1. The largest absolute Gasteiger partial charge is 0.443 e. The van der Waals surface area contributed by atoms with Crippen LogP contribution in [0.5, 0.6) is 0 Å². The van der Waals surface area contributed by atoms with Crippen molar-refractivity contribution in [2.75, 3.05) is 14.1 Å². The number of oxazole rings is 1. The molecule has 0 unspecified atom stereocenters. The van der Waals surface area contributed by atoms with Crippen LogP contribution in [0.1, 0.15) is 17.3 Å². The van der Waals surface area contributed by atoms with Crippen molar-refractivity contribution in [1.29, 1.82) is 0 Å². The Labute approximate surface area is 121 Å². The Morgan fingerprint density at radius 1 is 1.45 bits per heavy atom. The highest BCUT2D eigenvalue weighted by molar-refractivity contribution is 7.91. The molecule has 2 aromatic rings. The normalized spacial score (nSPS) is 15.9. The van der Waals surface area contributed by atoms with Crippen LogP contribution in [0.3, 0.4) is 0 Å². The highest BCUT2D eigenvalue weighted by atomic mass is 32.2. The first-order chi connectivity index (χ1) is 9.46.